The smallest absolute Gasteiger partial charge is 0.0591 e. The highest BCUT2D eigenvalue weighted by atomic mass is 35.5. The Morgan fingerprint density at radius 1 is 1.24 bits per heavy atom. The number of ether oxygens (including phenoxy) is 1. The normalized spacial score (nSPS) is 13.0. The second-order valence-electron chi connectivity index (χ2n) is 4.67. The zero-order chi connectivity index (χ0) is 12.7. The predicted molar refractivity (Wildman–Crippen MR) is 73.5 cm³/mol. The first-order valence-corrected chi connectivity index (χ1v) is 6.54. The van der Waals surface area contributed by atoms with Crippen LogP contribution in [0, 0.1) is 5.92 Å². The maximum absolute atomic E-state index is 6.13. The van der Waals surface area contributed by atoms with Gasteiger partial charge in [-0.1, -0.05) is 43.6 Å². The Balaban J connectivity index is 2.26. The highest BCUT2D eigenvalue weighted by Crippen LogP contribution is 2.21. The summed E-state index contributed by atoms with van der Waals surface area (Å²) in [6, 6.07) is 8.18. The monoisotopic (exact) mass is 255 g/mol. The van der Waals surface area contributed by atoms with Gasteiger partial charge in [0.15, 0.2) is 0 Å². The van der Waals surface area contributed by atoms with E-state index in [1.165, 1.54) is 0 Å². The Morgan fingerprint density at radius 3 is 2.59 bits per heavy atom. The van der Waals surface area contributed by atoms with Gasteiger partial charge in [0, 0.05) is 24.2 Å². The topological polar surface area (TPSA) is 21.3 Å². The van der Waals surface area contributed by atoms with Crippen LogP contribution in [0.2, 0.25) is 5.02 Å². The average molecular weight is 256 g/mol. The van der Waals surface area contributed by atoms with E-state index >= 15 is 0 Å². The van der Waals surface area contributed by atoms with Gasteiger partial charge in [-0.3, -0.25) is 0 Å². The number of benzene rings is 1. The number of halogens is 1. The summed E-state index contributed by atoms with van der Waals surface area (Å²) in [5.74, 6) is 0.594. The largest absolute Gasteiger partial charge is 0.380 e. The van der Waals surface area contributed by atoms with E-state index < -0.39 is 0 Å². The summed E-state index contributed by atoms with van der Waals surface area (Å²) in [5.41, 5.74) is 1.14. The number of hydrogen-bond acceptors (Lipinski definition) is 2. The summed E-state index contributed by atoms with van der Waals surface area (Å²) < 4.78 is 5.52. The maximum Gasteiger partial charge on any atom is 0.0591 e. The SMILES string of the molecule is CC(C)COCCNC(C)c1ccccc1Cl. The van der Waals surface area contributed by atoms with Gasteiger partial charge in [-0.05, 0) is 24.5 Å². The van der Waals surface area contributed by atoms with E-state index in [9.17, 15) is 0 Å². The molecule has 0 fully saturated rings. The first-order valence-electron chi connectivity index (χ1n) is 6.16. The minimum atomic E-state index is 0.256. The van der Waals surface area contributed by atoms with E-state index in [2.05, 4.69) is 32.2 Å². The lowest BCUT2D eigenvalue weighted by atomic mass is 10.1. The number of nitrogens with one attached hydrogen (secondary N) is 1. The molecule has 0 aliphatic heterocycles. The Bertz CT molecular complexity index is 328. The van der Waals surface area contributed by atoms with Gasteiger partial charge in [-0.25, -0.2) is 0 Å². The molecule has 0 aromatic heterocycles. The van der Waals surface area contributed by atoms with E-state index in [0.29, 0.717) is 5.92 Å². The van der Waals surface area contributed by atoms with Crippen LogP contribution < -0.4 is 5.32 Å². The van der Waals surface area contributed by atoms with E-state index in [4.69, 9.17) is 16.3 Å². The van der Waals surface area contributed by atoms with Gasteiger partial charge in [0.1, 0.15) is 0 Å². The van der Waals surface area contributed by atoms with Gasteiger partial charge in [0.2, 0.25) is 0 Å². The molecule has 0 amide bonds. The molecule has 0 saturated carbocycles. The van der Waals surface area contributed by atoms with E-state index in [1.807, 2.05) is 18.2 Å². The van der Waals surface area contributed by atoms with Gasteiger partial charge < -0.3 is 10.1 Å². The molecule has 0 bridgehead atoms. The molecule has 1 N–H and O–H groups in total. The van der Waals surface area contributed by atoms with Crippen molar-refractivity contribution in [2.75, 3.05) is 19.8 Å². The van der Waals surface area contributed by atoms with Crippen LogP contribution in [-0.4, -0.2) is 19.8 Å². The first-order chi connectivity index (χ1) is 8.11. The lowest BCUT2D eigenvalue weighted by Gasteiger charge is -2.16. The highest BCUT2D eigenvalue weighted by Gasteiger charge is 2.07. The van der Waals surface area contributed by atoms with Crippen molar-refractivity contribution in [2.24, 2.45) is 5.92 Å². The molecule has 96 valence electrons. The molecule has 1 aromatic carbocycles. The molecular formula is C14H22ClNO. The minimum absolute atomic E-state index is 0.256. The summed E-state index contributed by atoms with van der Waals surface area (Å²) in [7, 11) is 0. The second kappa shape index (κ2) is 7.70. The van der Waals surface area contributed by atoms with Crippen molar-refractivity contribution >= 4 is 11.6 Å². The quantitative estimate of drug-likeness (QED) is 0.751. The van der Waals surface area contributed by atoms with Gasteiger partial charge in [0.05, 0.1) is 6.61 Å². The molecule has 1 rings (SSSR count). The van der Waals surface area contributed by atoms with Crippen LogP contribution in [-0.2, 0) is 4.74 Å². The van der Waals surface area contributed by atoms with Crippen LogP contribution >= 0.6 is 11.6 Å². The molecule has 1 unspecified atom stereocenters. The molecule has 0 saturated heterocycles. The lowest BCUT2D eigenvalue weighted by molar-refractivity contribution is 0.110. The van der Waals surface area contributed by atoms with E-state index in [0.717, 1.165) is 30.3 Å². The van der Waals surface area contributed by atoms with Crippen LogP contribution in [0.15, 0.2) is 24.3 Å². The Labute approximate surface area is 109 Å². The van der Waals surface area contributed by atoms with Gasteiger partial charge >= 0.3 is 0 Å². The van der Waals surface area contributed by atoms with Crippen molar-refractivity contribution in [3.05, 3.63) is 34.9 Å². The highest BCUT2D eigenvalue weighted by molar-refractivity contribution is 6.31. The second-order valence-corrected chi connectivity index (χ2v) is 5.07. The summed E-state index contributed by atoms with van der Waals surface area (Å²) in [6.07, 6.45) is 0. The van der Waals surface area contributed by atoms with Crippen molar-refractivity contribution in [2.45, 2.75) is 26.8 Å². The summed E-state index contributed by atoms with van der Waals surface area (Å²) in [5, 5.41) is 4.22. The Hall–Kier alpha value is -0.570. The fourth-order valence-corrected chi connectivity index (χ4v) is 1.90. The molecule has 0 aliphatic carbocycles. The molecule has 0 heterocycles. The molecule has 2 nitrogen and oxygen atoms in total. The molecule has 0 radical (unpaired) electrons. The molecule has 0 spiro atoms. The van der Waals surface area contributed by atoms with Crippen LogP contribution in [0.1, 0.15) is 32.4 Å². The van der Waals surface area contributed by atoms with Crippen LogP contribution in [0.25, 0.3) is 0 Å². The predicted octanol–water partition coefficient (Wildman–Crippen LogP) is 3.66. The molecule has 1 aromatic rings. The van der Waals surface area contributed by atoms with Gasteiger partial charge in [-0.15, -0.1) is 0 Å². The average Bonchev–Trinajstić information content (AvgIpc) is 2.28. The van der Waals surface area contributed by atoms with Gasteiger partial charge in [0.25, 0.3) is 0 Å². The van der Waals surface area contributed by atoms with Crippen molar-refractivity contribution in [3.8, 4) is 0 Å². The third kappa shape index (κ3) is 5.53. The summed E-state index contributed by atoms with van der Waals surface area (Å²) in [4.78, 5) is 0. The van der Waals surface area contributed by atoms with Crippen molar-refractivity contribution in [1.29, 1.82) is 0 Å². The van der Waals surface area contributed by atoms with Crippen LogP contribution in [0.5, 0.6) is 0 Å². The minimum Gasteiger partial charge on any atom is -0.380 e. The number of hydrogen-bond donors (Lipinski definition) is 1. The zero-order valence-electron chi connectivity index (χ0n) is 10.9. The van der Waals surface area contributed by atoms with Crippen molar-refractivity contribution in [1.82, 2.24) is 5.32 Å². The van der Waals surface area contributed by atoms with Crippen molar-refractivity contribution in [3.63, 3.8) is 0 Å². The molecule has 0 aliphatic rings. The standard InChI is InChI=1S/C14H22ClNO/c1-11(2)10-17-9-8-16-12(3)13-6-4-5-7-14(13)15/h4-7,11-12,16H,8-10H2,1-3H3. The molecular weight excluding hydrogens is 234 g/mol. The summed E-state index contributed by atoms with van der Waals surface area (Å²) in [6.45, 7) is 8.83. The molecule has 17 heavy (non-hydrogen) atoms. The molecule has 1 atom stereocenters. The number of rotatable bonds is 7. The van der Waals surface area contributed by atoms with Crippen LogP contribution in [0.3, 0.4) is 0 Å². The Morgan fingerprint density at radius 2 is 1.94 bits per heavy atom. The maximum atomic E-state index is 6.13. The van der Waals surface area contributed by atoms with Gasteiger partial charge in [-0.2, -0.15) is 0 Å². The third-order valence-electron chi connectivity index (χ3n) is 2.52. The fraction of sp³-hybridized carbons (Fsp3) is 0.571. The molecule has 3 heteroatoms. The van der Waals surface area contributed by atoms with Crippen molar-refractivity contribution < 1.29 is 4.74 Å². The first kappa shape index (κ1) is 14.5. The zero-order valence-corrected chi connectivity index (χ0v) is 11.6. The van der Waals surface area contributed by atoms with Crippen LogP contribution in [0.4, 0.5) is 0 Å². The van der Waals surface area contributed by atoms with E-state index in [-0.39, 0.29) is 6.04 Å². The Kier molecular flexibility index (Phi) is 6.56. The van der Waals surface area contributed by atoms with E-state index in [1.54, 1.807) is 0 Å². The third-order valence-corrected chi connectivity index (χ3v) is 2.86. The summed E-state index contributed by atoms with van der Waals surface area (Å²) >= 11 is 6.13. The fourth-order valence-electron chi connectivity index (χ4n) is 1.60. The lowest BCUT2D eigenvalue weighted by Crippen LogP contribution is -2.24.